The van der Waals surface area contributed by atoms with Crippen LogP contribution in [-0.4, -0.2) is 54.7 Å². The summed E-state index contributed by atoms with van der Waals surface area (Å²) in [5.41, 5.74) is 1.94. The monoisotopic (exact) mass is 351 g/mol. The number of rotatable bonds is 6. The van der Waals surface area contributed by atoms with Crippen molar-refractivity contribution in [1.82, 2.24) is 19.9 Å². The van der Waals surface area contributed by atoms with E-state index in [9.17, 15) is 8.42 Å². The highest BCUT2D eigenvalue weighted by molar-refractivity contribution is 7.89. The largest absolute Gasteiger partial charge is 0.378 e. The number of H-pyrrole nitrogens is 1. The molecule has 0 aliphatic carbocycles. The summed E-state index contributed by atoms with van der Waals surface area (Å²) in [5, 5.41) is 0. The standard InChI is InChI=1S/C15H21N5O3S/c1-2-13-14(18-11-17-13)9-24(21,22)8-12-7-15(19-10-16-12)20-3-5-23-6-4-20/h7,10-11H,2-6,8-9H2,1H3,(H,17,18). The van der Waals surface area contributed by atoms with Gasteiger partial charge in [0.25, 0.3) is 0 Å². The number of aromatic nitrogens is 4. The van der Waals surface area contributed by atoms with Crippen LogP contribution in [0.5, 0.6) is 0 Å². The predicted molar refractivity (Wildman–Crippen MR) is 89.4 cm³/mol. The van der Waals surface area contributed by atoms with E-state index in [1.807, 2.05) is 6.92 Å². The van der Waals surface area contributed by atoms with E-state index in [2.05, 4.69) is 24.8 Å². The molecule has 0 spiro atoms. The Labute approximate surface area is 141 Å². The van der Waals surface area contributed by atoms with Crippen LogP contribution in [0.4, 0.5) is 5.82 Å². The maximum absolute atomic E-state index is 12.5. The Bertz CT molecular complexity index is 784. The fourth-order valence-electron chi connectivity index (χ4n) is 2.71. The Hall–Kier alpha value is -2.00. The minimum atomic E-state index is -3.34. The van der Waals surface area contributed by atoms with Crippen molar-refractivity contribution in [2.75, 3.05) is 31.2 Å². The number of imidazole rings is 1. The summed E-state index contributed by atoms with van der Waals surface area (Å²) in [6, 6.07) is 1.75. The van der Waals surface area contributed by atoms with E-state index in [1.54, 1.807) is 6.07 Å². The molecule has 3 rings (SSSR count). The van der Waals surface area contributed by atoms with Crippen LogP contribution in [0, 0.1) is 0 Å². The Morgan fingerprint density at radius 1 is 1.21 bits per heavy atom. The molecule has 130 valence electrons. The lowest BCUT2D eigenvalue weighted by Crippen LogP contribution is -2.36. The van der Waals surface area contributed by atoms with Crippen molar-refractivity contribution in [2.24, 2.45) is 0 Å². The van der Waals surface area contributed by atoms with Crippen LogP contribution in [0.2, 0.25) is 0 Å². The molecule has 1 N–H and O–H groups in total. The number of aryl methyl sites for hydroxylation is 1. The SMILES string of the molecule is CCc1nc[nH]c1CS(=O)(=O)Cc1cc(N2CCOCC2)ncn1. The van der Waals surface area contributed by atoms with Crippen LogP contribution < -0.4 is 4.90 Å². The van der Waals surface area contributed by atoms with Crippen molar-refractivity contribution in [1.29, 1.82) is 0 Å². The van der Waals surface area contributed by atoms with Gasteiger partial charge in [-0.1, -0.05) is 6.92 Å². The summed E-state index contributed by atoms with van der Waals surface area (Å²) in [7, 11) is -3.34. The molecular weight excluding hydrogens is 330 g/mol. The van der Waals surface area contributed by atoms with Gasteiger partial charge in [0, 0.05) is 19.2 Å². The smallest absolute Gasteiger partial charge is 0.161 e. The first-order chi connectivity index (χ1) is 11.6. The minimum absolute atomic E-state index is 0.0624. The lowest BCUT2D eigenvalue weighted by molar-refractivity contribution is 0.122. The molecule has 2 aromatic rings. The van der Waals surface area contributed by atoms with Gasteiger partial charge in [-0.2, -0.15) is 0 Å². The molecule has 0 atom stereocenters. The number of anilines is 1. The number of morpholine rings is 1. The summed E-state index contributed by atoms with van der Waals surface area (Å²) in [5.74, 6) is 0.566. The lowest BCUT2D eigenvalue weighted by atomic mass is 10.3. The summed E-state index contributed by atoms with van der Waals surface area (Å²) in [4.78, 5) is 17.5. The third kappa shape index (κ3) is 4.09. The molecule has 1 aliphatic rings. The fraction of sp³-hybridized carbons (Fsp3) is 0.533. The molecule has 8 nitrogen and oxygen atoms in total. The number of sulfone groups is 1. The Morgan fingerprint density at radius 2 is 2.00 bits per heavy atom. The second kappa shape index (κ2) is 7.27. The average molecular weight is 351 g/mol. The van der Waals surface area contributed by atoms with Gasteiger partial charge < -0.3 is 14.6 Å². The highest BCUT2D eigenvalue weighted by Crippen LogP contribution is 2.17. The molecule has 3 heterocycles. The van der Waals surface area contributed by atoms with Gasteiger partial charge in [0.1, 0.15) is 12.1 Å². The van der Waals surface area contributed by atoms with Gasteiger partial charge in [-0.15, -0.1) is 0 Å². The van der Waals surface area contributed by atoms with Crippen LogP contribution in [0.1, 0.15) is 24.0 Å². The zero-order valence-corrected chi connectivity index (χ0v) is 14.4. The van der Waals surface area contributed by atoms with Crippen LogP contribution in [0.15, 0.2) is 18.7 Å². The first-order valence-corrected chi connectivity index (χ1v) is 9.74. The molecular formula is C15H21N5O3S. The van der Waals surface area contributed by atoms with E-state index >= 15 is 0 Å². The number of ether oxygens (including phenoxy) is 1. The van der Waals surface area contributed by atoms with E-state index in [-0.39, 0.29) is 11.5 Å². The first kappa shape index (κ1) is 16.8. The zero-order valence-electron chi connectivity index (χ0n) is 13.6. The highest BCUT2D eigenvalue weighted by Gasteiger charge is 2.19. The zero-order chi connectivity index (χ0) is 17.0. The lowest BCUT2D eigenvalue weighted by Gasteiger charge is -2.27. The molecule has 0 amide bonds. The summed E-state index contributed by atoms with van der Waals surface area (Å²) >= 11 is 0. The first-order valence-electron chi connectivity index (χ1n) is 7.92. The summed E-state index contributed by atoms with van der Waals surface area (Å²) in [6.07, 6.45) is 3.65. The van der Waals surface area contributed by atoms with Gasteiger partial charge in [0.15, 0.2) is 9.84 Å². The Balaban J connectivity index is 1.72. The average Bonchev–Trinajstić information content (AvgIpc) is 3.01. The summed E-state index contributed by atoms with van der Waals surface area (Å²) in [6.45, 7) is 4.74. The molecule has 0 aromatic carbocycles. The van der Waals surface area contributed by atoms with E-state index in [0.717, 1.165) is 24.6 Å². The molecule has 1 fully saturated rings. The molecule has 0 bridgehead atoms. The predicted octanol–water partition coefficient (Wildman–Crippen LogP) is 0.714. The van der Waals surface area contributed by atoms with Gasteiger partial charge in [-0.25, -0.2) is 23.4 Å². The van der Waals surface area contributed by atoms with Crippen molar-refractivity contribution in [3.8, 4) is 0 Å². The molecule has 0 saturated carbocycles. The Kier molecular flexibility index (Phi) is 5.10. The van der Waals surface area contributed by atoms with Gasteiger partial charge >= 0.3 is 0 Å². The maximum atomic E-state index is 12.5. The highest BCUT2D eigenvalue weighted by atomic mass is 32.2. The van der Waals surface area contributed by atoms with Crippen molar-refractivity contribution >= 4 is 15.7 Å². The van der Waals surface area contributed by atoms with Crippen LogP contribution in [0.3, 0.4) is 0 Å². The van der Waals surface area contributed by atoms with Crippen LogP contribution in [0.25, 0.3) is 0 Å². The van der Waals surface area contributed by atoms with Crippen LogP contribution >= 0.6 is 0 Å². The van der Waals surface area contributed by atoms with Gasteiger partial charge in [0.05, 0.1) is 48.1 Å². The molecule has 9 heteroatoms. The van der Waals surface area contributed by atoms with Gasteiger partial charge in [-0.3, -0.25) is 0 Å². The maximum Gasteiger partial charge on any atom is 0.161 e. The van der Waals surface area contributed by atoms with E-state index in [4.69, 9.17) is 4.74 Å². The van der Waals surface area contributed by atoms with E-state index < -0.39 is 9.84 Å². The number of nitrogens with one attached hydrogen (secondary N) is 1. The molecule has 0 radical (unpaired) electrons. The third-order valence-electron chi connectivity index (χ3n) is 3.92. The molecule has 24 heavy (non-hydrogen) atoms. The van der Waals surface area contributed by atoms with E-state index in [0.29, 0.717) is 31.0 Å². The molecule has 2 aromatic heterocycles. The van der Waals surface area contributed by atoms with Gasteiger partial charge in [0.2, 0.25) is 0 Å². The second-order valence-electron chi connectivity index (χ2n) is 5.68. The third-order valence-corrected chi connectivity index (χ3v) is 5.38. The summed E-state index contributed by atoms with van der Waals surface area (Å²) < 4.78 is 30.3. The number of hydrogen-bond donors (Lipinski definition) is 1. The quantitative estimate of drug-likeness (QED) is 0.818. The number of nitrogens with zero attached hydrogens (tertiary/aromatic N) is 4. The van der Waals surface area contributed by atoms with Crippen molar-refractivity contribution < 1.29 is 13.2 Å². The fourth-order valence-corrected chi connectivity index (χ4v) is 4.11. The van der Waals surface area contributed by atoms with Crippen LogP contribution in [-0.2, 0) is 32.5 Å². The molecule has 1 saturated heterocycles. The molecule has 1 aliphatic heterocycles. The second-order valence-corrected chi connectivity index (χ2v) is 7.75. The van der Waals surface area contributed by atoms with Crippen molar-refractivity contribution in [3.63, 3.8) is 0 Å². The van der Waals surface area contributed by atoms with Crippen molar-refractivity contribution in [3.05, 3.63) is 35.8 Å². The molecule has 0 unspecified atom stereocenters. The Morgan fingerprint density at radius 3 is 2.75 bits per heavy atom. The van der Waals surface area contributed by atoms with E-state index in [1.165, 1.54) is 12.7 Å². The van der Waals surface area contributed by atoms with Crippen molar-refractivity contribution in [2.45, 2.75) is 24.9 Å². The topological polar surface area (TPSA) is 101 Å². The minimum Gasteiger partial charge on any atom is -0.378 e. The van der Waals surface area contributed by atoms with Gasteiger partial charge in [-0.05, 0) is 6.42 Å². The normalized spacial score (nSPS) is 15.6. The number of hydrogen-bond acceptors (Lipinski definition) is 7. The number of aromatic amines is 1.